The molecule has 1 aromatic heterocycles. The first-order valence-corrected chi connectivity index (χ1v) is 4.33. The Bertz CT molecular complexity index is 414. The second kappa shape index (κ2) is 4.80. The average molecular weight is 200 g/mol. The SMILES string of the molecule is c1cnnnc1.c1coc2ccnc-2c1. The van der Waals surface area contributed by atoms with Crippen LogP contribution in [0.5, 0.6) is 0 Å². The molecule has 5 nitrogen and oxygen atoms in total. The highest BCUT2D eigenvalue weighted by atomic mass is 16.3. The summed E-state index contributed by atoms with van der Waals surface area (Å²) in [5, 5.41) is 10.1. The molecular weight excluding hydrogens is 192 g/mol. The minimum atomic E-state index is 0.845. The van der Waals surface area contributed by atoms with Gasteiger partial charge >= 0.3 is 0 Å². The molecule has 15 heavy (non-hydrogen) atoms. The quantitative estimate of drug-likeness (QED) is 0.552. The summed E-state index contributed by atoms with van der Waals surface area (Å²) in [5.41, 5.74) is 0.914. The van der Waals surface area contributed by atoms with Gasteiger partial charge in [0.1, 0.15) is 5.69 Å². The Hall–Kier alpha value is -2.30. The molecule has 0 radical (unpaired) electrons. The lowest BCUT2D eigenvalue weighted by atomic mass is 10.3. The lowest BCUT2D eigenvalue weighted by Gasteiger charge is -1.90. The maximum absolute atomic E-state index is 5.09. The summed E-state index contributed by atoms with van der Waals surface area (Å²) in [7, 11) is 0. The summed E-state index contributed by atoms with van der Waals surface area (Å²) < 4.78 is 5.09. The molecule has 0 unspecified atom stereocenters. The van der Waals surface area contributed by atoms with Gasteiger partial charge in [0.2, 0.25) is 0 Å². The molecule has 0 saturated heterocycles. The van der Waals surface area contributed by atoms with Gasteiger partial charge in [-0.25, -0.2) is 0 Å². The van der Waals surface area contributed by atoms with Gasteiger partial charge in [-0.1, -0.05) is 0 Å². The smallest absolute Gasteiger partial charge is 0.153 e. The van der Waals surface area contributed by atoms with Crippen LogP contribution in [0.1, 0.15) is 0 Å². The molecule has 0 aliphatic carbocycles. The van der Waals surface area contributed by atoms with E-state index in [1.807, 2.05) is 18.2 Å². The summed E-state index contributed by atoms with van der Waals surface area (Å²) in [6.07, 6.45) is 6.53. The molecule has 74 valence electrons. The highest BCUT2D eigenvalue weighted by molar-refractivity contribution is 5.52. The first-order valence-electron chi connectivity index (χ1n) is 4.33. The lowest BCUT2D eigenvalue weighted by Crippen LogP contribution is -1.78. The zero-order chi connectivity index (χ0) is 10.3. The van der Waals surface area contributed by atoms with Gasteiger partial charge in [0.15, 0.2) is 5.76 Å². The van der Waals surface area contributed by atoms with E-state index in [0.717, 1.165) is 11.5 Å². The zero-order valence-corrected chi connectivity index (χ0v) is 7.82. The van der Waals surface area contributed by atoms with Crippen molar-refractivity contribution in [1.82, 2.24) is 20.4 Å². The molecule has 3 heterocycles. The third kappa shape index (κ3) is 2.57. The van der Waals surface area contributed by atoms with Crippen molar-refractivity contribution in [2.75, 3.05) is 0 Å². The predicted octanol–water partition coefficient (Wildman–Crippen LogP) is 1.65. The monoisotopic (exact) mass is 200 g/mol. The normalized spacial score (nSPS) is 9.33. The Labute approximate surface area is 86.1 Å². The molecule has 0 amide bonds. The molecule has 0 N–H and O–H groups in total. The second-order valence-corrected chi connectivity index (χ2v) is 2.62. The van der Waals surface area contributed by atoms with Gasteiger partial charge in [-0.3, -0.25) is 4.98 Å². The van der Waals surface area contributed by atoms with Gasteiger partial charge in [-0.15, -0.1) is 10.2 Å². The summed E-state index contributed by atoms with van der Waals surface area (Å²) in [5.74, 6) is 0.845. The molecular formula is C10H8N4O. The molecule has 0 aromatic carbocycles. The van der Waals surface area contributed by atoms with E-state index in [1.165, 1.54) is 0 Å². The number of hydrogen-bond donors (Lipinski definition) is 0. The molecule has 0 bridgehead atoms. The first kappa shape index (κ1) is 9.26. The van der Waals surface area contributed by atoms with Crippen LogP contribution in [0, 0.1) is 0 Å². The van der Waals surface area contributed by atoms with Gasteiger partial charge in [0.25, 0.3) is 0 Å². The molecule has 0 fully saturated rings. The van der Waals surface area contributed by atoms with Crippen molar-refractivity contribution in [1.29, 1.82) is 0 Å². The summed E-state index contributed by atoms with van der Waals surface area (Å²) in [6.45, 7) is 0. The van der Waals surface area contributed by atoms with Crippen molar-refractivity contribution < 1.29 is 4.42 Å². The third-order valence-corrected chi connectivity index (χ3v) is 1.63. The van der Waals surface area contributed by atoms with Crippen LogP contribution in [0.2, 0.25) is 0 Å². The molecule has 5 heteroatoms. The number of fused-ring (bicyclic) bond motifs is 1. The van der Waals surface area contributed by atoms with E-state index in [2.05, 4.69) is 20.4 Å². The van der Waals surface area contributed by atoms with Crippen LogP contribution >= 0.6 is 0 Å². The van der Waals surface area contributed by atoms with E-state index < -0.39 is 0 Å². The van der Waals surface area contributed by atoms with Crippen molar-refractivity contribution in [3.8, 4) is 11.5 Å². The second-order valence-electron chi connectivity index (χ2n) is 2.62. The van der Waals surface area contributed by atoms with Crippen molar-refractivity contribution in [3.05, 3.63) is 49.1 Å². The van der Waals surface area contributed by atoms with Crippen LogP contribution in [-0.4, -0.2) is 20.4 Å². The molecule has 1 aromatic rings. The molecule has 0 saturated carbocycles. The summed E-state index contributed by atoms with van der Waals surface area (Å²) >= 11 is 0. The fraction of sp³-hybridized carbons (Fsp3) is 0. The average Bonchev–Trinajstić information content (AvgIpc) is 2.80. The van der Waals surface area contributed by atoms with E-state index >= 15 is 0 Å². The summed E-state index contributed by atoms with van der Waals surface area (Å²) in [4.78, 5) is 4.02. The standard InChI is InChI=1S/C7H5NO.C3H3N3/c1-2-6-7(9-5-1)3-4-8-6;1-2-4-6-5-3-1/h1-5H;1-3H. The van der Waals surface area contributed by atoms with Gasteiger partial charge in [0.05, 0.1) is 18.7 Å². The van der Waals surface area contributed by atoms with E-state index in [4.69, 9.17) is 4.42 Å². The van der Waals surface area contributed by atoms with Crippen molar-refractivity contribution in [2.24, 2.45) is 0 Å². The largest absolute Gasteiger partial charge is 0.463 e. The van der Waals surface area contributed by atoms with Gasteiger partial charge in [-0.05, 0) is 23.4 Å². The molecule has 2 aliphatic rings. The van der Waals surface area contributed by atoms with Crippen LogP contribution in [-0.2, 0) is 0 Å². The molecule has 0 spiro atoms. The van der Waals surface area contributed by atoms with E-state index in [-0.39, 0.29) is 0 Å². The van der Waals surface area contributed by atoms with Crippen molar-refractivity contribution in [2.45, 2.75) is 0 Å². The topological polar surface area (TPSA) is 64.7 Å². The van der Waals surface area contributed by atoms with E-state index in [0.29, 0.717) is 0 Å². The Kier molecular flexibility index (Phi) is 2.97. The third-order valence-electron chi connectivity index (χ3n) is 1.63. The maximum atomic E-state index is 5.09. The molecule has 2 aliphatic heterocycles. The Morgan fingerprint density at radius 1 is 0.933 bits per heavy atom. The predicted molar refractivity (Wildman–Crippen MR) is 53.0 cm³/mol. The Balaban J connectivity index is 0.000000124. The van der Waals surface area contributed by atoms with Crippen molar-refractivity contribution in [3.63, 3.8) is 0 Å². The highest BCUT2D eigenvalue weighted by Crippen LogP contribution is 2.17. The Morgan fingerprint density at radius 2 is 1.80 bits per heavy atom. The van der Waals surface area contributed by atoms with Crippen LogP contribution in [0.3, 0.4) is 0 Å². The fourth-order valence-electron chi connectivity index (χ4n) is 1.01. The van der Waals surface area contributed by atoms with E-state index in [9.17, 15) is 0 Å². The minimum absolute atomic E-state index is 0.845. The first-order chi connectivity index (χ1) is 7.47. The molecule has 3 rings (SSSR count). The number of aromatic nitrogens is 4. The zero-order valence-electron chi connectivity index (χ0n) is 7.82. The van der Waals surface area contributed by atoms with Crippen LogP contribution < -0.4 is 0 Å². The van der Waals surface area contributed by atoms with Crippen LogP contribution in [0.15, 0.2) is 53.5 Å². The fourth-order valence-corrected chi connectivity index (χ4v) is 1.01. The number of nitrogens with zero attached hydrogens (tertiary/aromatic N) is 4. The number of hydrogen-bond acceptors (Lipinski definition) is 5. The van der Waals surface area contributed by atoms with Gasteiger partial charge < -0.3 is 4.42 Å². The summed E-state index contributed by atoms with van der Waals surface area (Å²) in [6, 6.07) is 7.30. The van der Waals surface area contributed by atoms with Crippen LogP contribution in [0.4, 0.5) is 0 Å². The van der Waals surface area contributed by atoms with E-state index in [1.54, 1.807) is 30.9 Å². The van der Waals surface area contributed by atoms with Crippen molar-refractivity contribution >= 4 is 0 Å². The highest BCUT2D eigenvalue weighted by Gasteiger charge is 2.00. The minimum Gasteiger partial charge on any atom is -0.463 e. The Morgan fingerprint density at radius 3 is 2.40 bits per heavy atom. The maximum Gasteiger partial charge on any atom is 0.153 e. The lowest BCUT2D eigenvalue weighted by molar-refractivity contribution is 0.565. The van der Waals surface area contributed by atoms with Gasteiger partial charge in [-0.2, -0.15) is 0 Å². The molecule has 0 atom stereocenters. The van der Waals surface area contributed by atoms with Gasteiger partial charge in [0, 0.05) is 12.3 Å². The van der Waals surface area contributed by atoms with Crippen LogP contribution in [0.25, 0.3) is 11.5 Å². The number of rotatable bonds is 0.